The molecule has 3 rings (SSSR count). The number of hydrogen-bond donors (Lipinski definition) is 0. The zero-order valence-corrected chi connectivity index (χ0v) is 15.9. The molecule has 2 aromatic rings. The molecule has 1 heterocycles. The van der Waals surface area contributed by atoms with Crippen molar-refractivity contribution < 1.29 is 0 Å². The Morgan fingerprint density at radius 2 is 1.69 bits per heavy atom. The molecular formula is C25H29N. The summed E-state index contributed by atoms with van der Waals surface area (Å²) in [4.78, 5) is 2.60. The summed E-state index contributed by atoms with van der Waals surface area (Å²) in [5, 5.41) is 0. The Morgan fingerprint density at radius 3 is 2.35 bits per heavy atom. The first-order chi connectivity index (χ1) is 12.7. The number of benzene rings is 2. The van der Waals surface area contributed by atoms with Crippen LogP contribution in [0.1, 0.15) is 37.8 Å². The molecule has 1 saturated heterocycles. The average molecular weight is 344 g/mol. The molecule has 0 unspecified atom stereocenters. The predicted molar refractivity (Wildman–Crippen MR) is 111 cm³/mol. The van der Waals surface area contributed by atoms with Crippen LogP contribution in [0.5, 0.6) is 0 Å². The van der Waals surface area contributed by atoms with E-state index in [0.717, 1.165) is 24.9 Å². The lowest BCUT2D eigenvalue weighted by atomic mass is 9.76. The van der Waals surface area contributed by atoms with Crippen LogP contribution in [0, 0.1) is 23.7 Å². The van der Waals surface area contributed by atoms with Crippen molar-refractivity contribution in [1.29, 1.82) is 0 Å². The number of allylic oxidation sites excluding steroid dienone is 1. The molecule has 0 radical (unpaired) electrons. The van der Waals surface area contributed by atoms with Crippen LogP contribution in [0.2, 0.25) is 0 Å². The van der Waals surface area contributed by atoms with E-state index in [1.54, 1.807) is 0 Å². The first kappa shape index (κ1) is 18.5. The number of likely N-dealkylation sites (tertiary alicyclic amines) is 1. The number of rotatable bonds is 4. The van der Waals surface area contributed by atoms with E-state index in [9.17, 15) is 0 Å². The van der Waals surface area contributed by atoms with Crippen LogP contribution in [0.3, 0.4) is 0 Å². The average Bonchev–Trinajstić information content (AvgIpc) is 2.67. The van der Waals surface area contributed by atoms with Crippen molar-refractivity contribution in [1.82, 2.24) is 4.90 Å². The van der Waals surface area contributed by atoms with Gasteiger partial charge in [0.2, 0.25) is 0 Å². The van der Waals surface area contributed by atoms with E-state index >= 15 is 0 Å². The summed E-state index contributed by atoms with van der Waals surface area (Å²) in [5.41, 5.74) is 2.46. The van der Waals surface area contributed by atoms with Crippen molar-refractivity contribution in [2.45, 2.75) is 45.3 Å². The fourth-order valence-electron chi connectivity index (χ4n) is 4.17. The van der Waals surface area contributed by atoms with Gasteiger partial charge in [0.1, 0.15) is 0 Å². The van der Waals surface area contributed by atoms with Crippen LogP contribution in [-0.4, -0.2) is 17.0 Å². The molecule has 0 aliphatic carbocycles. The quantitative estimate of drug-likeness (QED) is 0.521. The van der Waals surface area contributed by atoms with E-state index in [-0.39, 0.29) is 0 Å². The first-order valence-electron chi connectivity index (χ1n) is 9.66. The summed E-state index contributed by atoms with van der Waals surface area (Å²) in [5.74, 6) is 8.29. The van der Waals surface area contributed by atoms with Gasteiger partial charge in [-0.3, -0.25) is 4.90 Å². The van der Waals surface area contributed by atoms with Crippen LogP contribution in [0.4, 0.5) is 0 Å². The van der Waals surface area contributed by atoms with E-state index in [0.29, 0.717) is 23.9 Å². The van der Waals surface area contributed by atoms with Gasteiger partial charge in [-0.1, -0.05) is 73.4 Å². The second-order valence-corrected chi connectivity index (χ2v) is 7.45. The van der Waals surface area contributed by atoms with Gasteiger partial charge >= 0.3 is 0 Å². The van der Waals surface area contributed by atoms with E-state index in [2.05, 4.69) is 97.8 Å². The van der Waals surface area contributed by atoms with Crippen molar-refractivity contribution in [2.75, 3.05) is 0 Å². The summed E-state index contributed by atoms with van der Waals surface area (Å²) < 4.78 is 0. The molecule has 1 aliphatic heterocycles. The third kappa shape index (κ3) is 4.45. The minimum Gasteiger partial charge on any atom is -0.282 e. The molecule has 0 aromatic heterocycles. The Morgan fingerprint density at radius 1 is 1.04 bits per heavy atom. The fourth-order valence-corrected chi connectivity index (χ4v) is 4.17. The van der Waals surface area contributed by atoms with Crippen LogP contribution < -0.4 is 0 Å². The standard InChI is InChI=1S/C25H29N/c1-4-11-25-20(2)18-24(17-16-22-12-7-5-8-13-22)26(21(25)3)19-23-14-9-6-10-15-23/h4-10,12-15,20-21,24-25H,1,11,18-19H2,2-3H3/t20-,21-,24+,25+/m0/s1. The van der Waals surface area contributed by atoms with Crippen molar-refractivity contribution in [2.24, 2.45) is 11.8 Å². The summed E-state index contributed by atoms with van der Waals surface area (Å²) >= 11 is 0. The summed E-state index contributed by atoms with van der Waals surface area (Å²) in [6.45, 7) is 9.68. The van der Waals surface area contributed by atoms with Gasteiger partial charge in [-0.2, -0.15) is 0 Å². The lowest BCUT2D eigenvalue weighted by Crippen LogP contribution is -2.51. The maximum absolute atomic E-state index is 3.98. The van der Waals surface area contributed by atoms with Crippen LogP contribution in [-0.2, 0) is 6.54 Å². The lowest BCUT2D eigenvalue weighted by molar-refractivity contribution is 0.0331. The number of hydrogen-bond acceptors (Lipinski definition) is 1. The van der Waals surface area contributed by atoms with Crippen LogP contribution in [0.25, 0.3) is 0 Å². The summed E-state index contributed by atoms with van der Waals surface area (Å²) in [7, 11) is 0. The molecule has 1 fully saturated rings. The Bertz CT molecular complexity index is 753. The van der Waals surface area contributed by atoms with E-state index in [4.69, 9.17) is 0 Å². The molecule has 0 spiro atoms. The Hall–Kier alpha value is -2.30. The van der Waals surface area contributed by atoms with Gasteiger partial charge in [0.25, 0.3) is 0 Å². The molecule has 0 saturated carbocycles. The molecule has 0 bridgehead atoms. The number of nitrogens with zero attached hydrogens (tertiary/aromatic N) is 1. The third-order valence-electron chi connectivity index (χ3n) is 5.67. The van der Waals surface area contributed by atoms with Crippen LogP contribution >= 0.6 is 0 Å². The third-order valence-corrected chi connectivity index (χ3v) is 5.67. The Kier molecular flexibility index (Phi) is 6.31. The molecule has 1 heteroatoms. The Balaban J connectivity index is 1.86. The molecule has 4 atom stereocenters. The monoisotopic (exact) mass is 343 g/mol. The summed E-state index contributed by atoms with van der Waals surface area (Å²) in [6.07, 6.45) is 4.27. The second kappa shape index (κ2) is 8.88. The van der Waals surface area contributed by atoms with Gasteiger partial charge in [-0.25, -0.2) is 0 Å². The second-order valence-electron chi connectivity index (χ2n) is 7.45. The van der Waals surface area contributed by atoms with Gasteiger partial charge in [0, 0.05) is 18.2 Å². The van der Waals surface area contributed by atoms with Gasteiger partial charge in [-0.15, -0.1) is 6.58 Å². The highest BCUT2D eigenvalue weighted by Gasteiger charge is 2.37. The fraction of sp³-hybridized carbons (Fsp3) is 0.360. The normalized spacial score (nSPS) is 25.9. The SMILES string of the molecule is C=CC[C@@H]1[C@@H](C)C[C@@H](C#Cc2ccccc2)N(Cc2ccccc2)[C@H]1C. The zero-order chi connectivity index (χ0) is 18.4. The molecule has 134 valence electrons. The molecule has 2 aromatic carbocycles. The minimum absolute atomic E-state index is 0.293. The van der Waals surface area contributed by atoms with Crippen molar-refractivity contribution >= 4 is 0 Å². The van der Waals surface area contributed by atoms with E-state index in [1.165, 1.54) is 5.56 Å². The maximum atomic E-state index is 3.98. The highest BCUT2D eigenvalue weighted by atomic mass is 15.2. The van der Waals surface area contributed by atoms with Crippen molar-refractivity contribution in [3.05, 3.63) is 84.4 Å². The molecule has 26 heavy (non-hydrogen) atoms. The highest BCUT2D eigenvalue weighted by molar-refractivity contribution is 5.35. The molecule has 1 aliphatic rings. The van der Waals surface area contributed by atoms with E-state index in [1.807, 2.05) is 6.07 Å². The van der Waals surface area contributed by atoms with Crippen LogP contribution in [0.15, 0.2) is 73.3 Å². The highest BCUT2D eigenvalue weighted by Crippen LogP contribution is 2.36. The van der Waals surface area contributed by atoms with E-state index < -0.39 is 0 Å². The van der Waals surface area contributed by atoms with Crippen molar-refractivity contribution in [3.8, 4) is 11.8 Å². The van der Waals surface area contributed by atoms with Gasteiger partial charge in [-0.05, 0) is 49.3 Å². The van der Waals surface area contributed by atoms with Gasteiger partial charge in [0.05, 0.1) is 6.04 Å². The largest absolute Gasteiger partial charge is 0.282 e. The first-order valence-corrected chi connectivity index (χ1v) is 9.66. The molecular weight excluding hydrogens is 314 g/mol. The Labute approximate surface area is 158 Å². The number of piperidine rings is 1. The minimum atomic E-state index is 0.293. The maximum Gasteiger partial charge on any atom is 0.0726 e. The predicted octanol–water partition coefficient (Wildman–Crippen LogP) is 5.53. The molecule has 0 N–H and O–H groups in total. The van der Waals surface area contributed by atoms with Gasteiger partial charge < -0.3 is 0 Å². The molecule has 0 amide bonds. The molecule has 1 nitrogen and oxygen atoms in total. The smallest absolute Gasteiger partial charge is 0.0726 e. The lowest BCUT2D eigenvalue weighted by Gasteiger charge is -2.46. The zero-order valence-electron chi connectivity index (χ0n) is 15.9. The topological polar surface area (TPSA) is 3.24 Å². The summed E-state index contributed by atoms with van der Waals surface area (Å²) in [6, 6.07) is 21.9. The van der Waals surface area contributed by atoms with Crippen molar-refractivity contribution in [3.63, 3.8) is 0 Å². The van der Waals surface area contributed by atoms with Gasteiger partial charge in [0.15, 0.2) is 0 Å².